The van der Waals surface area contributed by atoms with Crippen LogP contribution in [-0.4, -0.2) is 51.1 Å². The Labute approximate surface area is 192 Å². The first-order valence-electron chi connectivity index (χ1n) is 9.79. The number of amides is 1. The molecule has 188 valence electrons. The molecule has 2 aromatic heterocycles. The van der Waals surface area contributed by atoms with Gasteiger partial charge in [0.15, 0.2) is 0 Å². The number of carbonyl (C=O) groups is 3. The number of hydrogen-bond donors (Lipinski definition) is 4. The van der Waals surface area contributed by atoms with Crippen molar-refractivity contribution >= 4 is 28.7 Å². The molecule has 3 rings (SSSR count). The molecule has 2 atom stereocenters. The summed E-state index contributed by atoms with van der Waals surface area (Å²) in [6.07, 6.45) is -7.12. The first-order chi connectivity index (χ1) is 16.3. The van der Waals surface area contributed by atoms with E-state index in [9.17, 15) is 40.7 Å². The standard InChI is InChI=1S/C20H17F6N5O4/c21-19(22,23)12-3-1-2-11-9(6-29-15(11)12)4-14(17(33)35-18(34)20(24,25)26)31-16(32)13(27)5-10-7-28-8-30-10/h1-3,6-8,13-14,29H,4-5,27H2,(H,28,30)(H,31,32)/t13-,14-/m0/s1. The highest BCUT2D eigenvalue weighted by atomic mass is 19.4. The molecule has 0 fully saturated rings. The van der Waals surface area contributed by atoms with Gasteiger partial charge in [0, 0.05) is 36.3 Å². The maximum Gasteiger partial charge on any atom is 0.491 e. The molecule has 5 N–H and O–H groups in total. The number of halogens is 6. The van der Waals surface area contributed by atoms with Gasteiger partial charge >= 0.3 is 24.3 Å². The van der Waals surface area contributed by atoms with E-state index in [2.05, 4.69) is 25.0 Å². The van der Waals surface area contributed by atoms with Crippen LogP contribution in [0.3, 0.4) is 0 Å². The highest BCUT2D eigenvalue weighted by Crippen LogP contribution is 2.35. The zero-order chi connectivity index (χ0) is 26.0. The molecule has 0 saturated carbocycles. The van der Waals surface area contributed by atoms with E-state index >= 15 is 0 Å². The molecular weight excluding hydrogens is 488 g/mol. The Morgan fingerprint density at radius 3 is 2.40 bits per heavy atom. The van der Waals surface area contributed by atoms with Crippen molar-refractivity contribution in [2.24, 2.45) is 5.73 Å². The predicted molar refractivity (Wildman–Crippen MR) is 106 cm³/mol. The fourth-order valence-electron chi connectivity index (χ4n) is 3.26. The average molecular weight is 505 g/mol. The van der Waals surface area contributed by atoms with Crippen molar-refractivity contribution in [1.29, 1.82) is 0 Å². The number of esters is 2. The molecule has 0 unspecified atom stereocenters. The van der Waals surface area contributed by atoms with Gasteiger partial charge in [-0.05, 0) is 11.6 Å². The highest BCUT2D eigenvalue weighted by molar-refractivity contribution is 5.95. The predicted octanol–water partition coefficient (Wildman–Crippen LogP) is 2.14. The number of benzene rings is 1. The van der Waals surface area contributed by atoms with Crippen molar-refractivity contribution < 1.29 is 45.5 Å². The lowest BCUT2D eigenvalue weighted by atomic mass is 10.0. The maximum atomic E-state index is 13.3. The number of nitrogens with two attached hydrogens (primary N) is 1. The Balaban J connectivity index is 1.87. The van der Waals surface area contributed by atoms with Gasteiger partial charge in [0.2, 0.25) is 5.91 Å². The number of H-pyrrole nitrogens is 2. The van der Waals surface area contributed by atoms with Gasteiger partial charge in [-0.15, -0.1) is 0 Å². The maximum absolute atomic E-state index is 13.3. The second kappa shape index (κ2) is 9.77. The van der Waals surface area contributed by atoms with Crippen LogP contribution in [0.2, 0.25) is 0 Å². The summed E-state index contributed by atoms with van der Waals surface area (Å²) in [6.45, 7) is 0. The van der Waals surface area contributed by atoms with Crippen LogP contribution < -0.4 is 11.1 Å². The van der Waals surface area contributed by atoms with Crippen molar-refractivity contribution in [3.05, 3.63) is 53.7 Å². The molecule has 0 aliphatic heterocycles. The number of nitrogens with one attached hydrogen (secondary N) is 3. The molecular formula is C20H17F6N5O4. The van der Waals surface area contributed by atoms with Crippen LogP contribution in [0.5, 0.6) is 0 Å². The minimum atomic E-state index is -5.50. The number of rotatable bonds is 7. The number of alkyl halides is 6. The molecule has 0 spiro atoms. The van der Waals surface area contributed by atoms with E-state index in [1.165, 1.54) is 18.6 Å². The first kappa shape index (κ1) is 25.7. The molecule has 1 aromatic carbocycles. The second-order valence-corrected chi connectivity index (χ2v) is 7.40. The second-order valence-electron chi connectivity index (χ2n) is 7.40. The zero-order valence-electron chi connectivity index (χ0n) is 17.5. The van der Waals surface area contributed by atoms with Gasteiger partial charge < -0.3 is 25.8 Å². The number of hydrogen-bond acceptors (Lipinski definition) is 6. The lowest BCUT2D eigenvalue weighted by molar-refractivity contribution is -0.202. The number of carbonyl (C=O) groups excluding carboxylic acids is 3. The Morgan fingerprint density at radius 1 is 1.09 bits per heavy atom. The summed E-state index contributed by atoms with van der Waals surface area (Å²) in [5, 5.41) is 2.10. The molecule has 9 nitrogen and oxygen atoms in total. The molecule has 0 bridgehead atoms. The molecule has 0 radical (unpaired) electrons. The van der Waals surface area contributed by atoms with Crippen molar-refractivity contribution in [3.8, 4) is 0 Å². The summed E-state index contributed by atoms with van der Waals surface area (Å²) in [5.41, 5.74) is 4.89. The Kier molecular flexibility index (Phi) is 7.19. The molecule has 0 aliphatic carbocycles. The minimum absolute atomic E-state index is 0.00391. The van der Waals surface area contributed by atoms with Crippen LogP contribution in [-0.2, 0) is 38.1 Å². The van der Waals surface area contributed by atoms with Crippen LogP contribution in [0.4, 0.5) is 26.3 Å². The molecule has 3 aromatic rings. The van der Waals surface area contributed by atoms with Gasteiger partial charge in [0.1, 0.15) is 6.04 Å². The third kappa shape index (κ3) is 6.17. The van der Waals surface area contributed by atoms with Crippen LogP contribution in [0, 0.1) is 0 Å². The van der Waals surface area contributed by atoms with E-state index in [0.717, 1.165) is 18.3 Å². The van der Waals surface area contributed by atoms with Gasteiger partial charge in [-0.1, -0.05) is 12.1 Å². The van der Waals surface area contributed by atoms with Crippen molar-refractivity contribution in [2.45, 2.75) is 37.3 Å². The minimum Gasteiger partial charge on any atom is -0.385 e. The van der Waals surface area contributed by atoms with Crippen molar-refractivity contribution in [1.82, 2.24) is 20.3 Å². The molecule has 1 amide bonds. The SMILES string of the molecule is N[C@@H](Cc1cnc[nH]1)C(=O)N[C@@H](Cc1c[nH]c2c(C(F)(F)F)cccc12)C(=O)OC(=O)C(F)(F)F. The zero-order valence-corrected chi connectivity index (χ0v) is 17.5. The third-order valence-corrected chi connectivity index (χ3v) is 4.89. The fraction of sp³-hybridized carbons (Fsp3) is 0.300. The van der Waals surface area contributed by atoms with Crippen LogP contribution in [0.25, 0.3) is 10.9 Å². The first-order valence-corrected chi connectivity index (χ1v) is 9.79. The number of imidazole rings is 1. The molecule has 15 heteroatoms. The third-order valence-electron chi connectivity index (χ3n) is 4.89. The van der Waals surface area contributed by atoms with Gasteiger partial charge in [-0.3, -0.25) is 4.79 Å². The summed E-state index contributed by atoms with van der Waals surface area (Å²) in [7, 11) is 0. The van der Waals surface area contributed by atoms with Crippen LogP contribution in [0.15, 0.2) is 36.9 Å². The summed E-state index contributed by atoms with van der Waals surface area (Å²) >= 11 is 0. The largest absolute Gasteiger partial charge is 0.491 e. The van der Waals surface area contributed by atoms with E-state index < -0.39 is 54.3 Å². The number of ether oxygens (including phenoxy) is 1. The van der Waals surface area contributed by atoms with Crippen molar-refractivity contribution in [2.75, 3.05) is 0 Å². The van der Waals surface area contributed by atoms with Gasteiger partial charge in [-0.2, -0.15) is 26.3 Å². The molecule has 2 heterocycles. The Hall–Kier alpha value is -3.88. The van der Waals surface area contributed by atoms with Crippen LogP contribution in [0.1, 0.15) is 16.8 Å². The lowest BCUT2D eigenvalue weighted by Gasteiger charge is -2.19. The van der Waals surface area contributed by atoms with Gasteiger partial charge in [-0.25, -0.2) is 14.6 Å². The number of fused-ring (bicyclic) bond motifs is 1. The van der Waals surface area contributed by atoms with E-state index in [1.807, 2.05) is 0 Å². The Bertz CT molecular complexity index is 1220. The monoisotopic (exact) mass is 505 g/mol. The van der Waals surface area contributed by atoms with Gasteiger partial charge in [0.25, 0.3) is 0 Å². The summed E-state index contributed by atoms with van der Waals surface area (Å²) in [4.78, 5) is 44.8. The fourth-order valence-corrected chi connectivity index (χ4v) is 3.26. The Morgan fingerprint density at radius 2 is 1.80 bits per heavy atom. The van der Waals surface area contributed by atoms with E-state index in [-0.39, 0.29) is 22.9 Å². The van der Waals surface area contributed by atoms with E-state index in [4.69, 9.17) is 5.73 Å². The van der Waals surface area contributed by atoms with E-state index in [0.29, 0.717) is 5.69 Å². The number of aromatic amines is 2. The normalized spacial score (nSPS) is 13.9. The topological polar surface area (TPSA) is 143 Å². The van der Waals surface area contributed by atoms with Gasteiger partial charge in [0.05, 0.1) is 23.4 Å². The number of para-hydroxylation sites is 1. The number of nitrogens with zero attached hydrogens (tertiary/aromatic N) is 1. The summed E-state index contributed by atoms with van der Waals surface area (Å²) < 4.78 is 81.3. The lowest BCUT2D eigenvalue weighted by Crippen LogP contribution is -2.51. The highest BCUT2D eigenvalue weighted by Gasteiger charge is 2.44. The molecule has 0 aliphatic rings. The number of aromatic nitrogens is 3. The smallest absolute Gasteiger partial charge is 0.385 e. The summed E-state index contributed by atoms with van der Waals surface area (Å²) in [5.74, 6) is -5.57. The van der Waals surface area contributed by atoms with Crippen molar-refractivity contribution in [3.63, 3.8) is 0 Å². The molecule has 35 heavy (non-hydrogen) atoms. The van der Waals surface area contributed by atoms with Crippen LogP contribution >= 0.6 is 0 Å². The van der Waals surface area contributed by atoms with E-state index in [1.54, 1.807) is 0 Å². The quantitative estimate of drug-likeness (QED) is 0.220. The molecule has 0 saturated heterocycles. The average Bonchev–Trinajstić information content (AvgIpc) is 3.41. The summed E-state index contributed by atoms with van der Waals surface area (Å²) in [6, 6.07) is 0.0268.